The fraction of sp³-hybridized carbons (Fsp3) is 0.727. The number of hydrogen-bond acceptors (Lipinski definition) is 4. The summed E-state index contributed by atoms with van der Waals surface area (Å²) >= 11 is 0. The third-order valence-electron chi connectivity index (χ3n) is 2.84. The maximum Gasteiger partial charge on any atom is 0.363 e. The molecule has 16 heavy (non-hydrogen) atoms. The molecule has 1 rings (SSSR count). The van der Waals surface area contributed by atoms with E-state index in [0.717, 1.165) is 25.0 Å². The van der Waals surface area contributed by atoms with E-state index in [4.69, 9.17) is 0 Å². The maximum absolute atomic E-state index is 10.9. The predicted octanol–water partition coefficient (Wildman–Crippen LogP) is 1.93. The van der Waals surface area contributed by atoms with Crippen LogP contribution in [0.1, 0.15) is 26.7 Å². The highest BCUT2D eigenvalue weighted by Crippen LogP contribution is 2.21. The minimum Gasteiger partial charge on any atom is -0.358 e. The lowest BCUT2D eigenvalue weighted by molar-refractivity contribution is -0.427. The lowest BCUT2D eigenvalue weighted by atomic mass is 10.0. The monoisotopic (exact) mass is 225 g/mol. The zero-order valence-electron chi connectivity index (χ0n) is 10.1. The first-order valence-corrected chi connectivity index (χ1v) is 5.63. The molecule has 0 N–H and O–H groups in total. The summed E-state index contributed by atoms with van der Waals surface area (Å²) in [5, 5.41) is 10.9. The number of nitrogens with zero attached hydrogens (tertiary/aromatic N) is 3. The van der Waals surface area contributed by atoms with Gasteiger partial charge in [0.05, 0.1) is 0 Å². The summed E-state index contributed by atoms with van der Waals surface area (Å²) in [6.45, 7) is 5.59. The Hall–Kier alpha value is -1.23. The normalized spacial score (nSPS) is 21.4. The summed E-state index contributed by atoms with van der Waals surface area (Å²) in [7, 11) is 1.96. The number of nitro groups is 1. The van der Waals surface area contributed by atoms with Crippen LogP contribution in [0.5, 0.6) is 0 Å². The summed E-state index contributed by atoms with van der Waals surface area (Å²) in [6.07, 6.45) is 3.40. The van der Waals surface area contributed by atoms with E-state index in [9.17, 15) is 10.1 Å². The molecule has 1 unspecified atom stereocenters. The quantitative estimate of drug-likeness (QED) is 0.542. The highest BCUT2D eigenvalue weighted by atomic mass is 16.6. The van der Waals surface area contributed by atoms with Crippen molar-refractivity contribution in [2.45, 2.75) is 26.7 Å². The first kappa shape index (κ1) is 12.8. The first-order valence-electron chi connectivity index (χ1n) is 5.63. The molecule has 0 saturated heterocycles. The Labute approximate surface area is 96.0 Å². The minimum absolute atomic E-state index is 0.0460. The molecule has 5 nitrogen and oxygen atoms in total. The van der Waals surface area contributed by atoms with Crippen LogP contribution in [0, 0.1) is 16.0 Å². The van der Waals surface area contributed by atoms with Crippen molar-refractivity contribution in [1.82, 2.24) is 4.90 Å². The molecule has 5 heteroatoms. The van der Waals surface area contributed by atoms with Gasteiger partial charge in [-0.25, -0.2) is 0 Å². The predicted molar refractivity (Wildman–Crippen MR) is 64.1 cm³/mol. The van der Waals surface area contributed by atoms with Gasteiger partial charge in [-0.2, -0.15) is 0 Å². The second-order valence-corrected chi connectivity index (χ2v) is 4.31. The van der Waals surface area contributed by atoms with Crippen LogP contribution in [0.25, 0.3) is 0 Å². The maximum atomic E-state index is 10.9. The molecule has 0 aromatic rings. The summed E-state index contributed by atoms with van der Waals surface area (Å²) in [6, 6.07) is 0. The second-order valence-electron chi connectivity index (χ2n) is 4.31. The van der Waals surface area contributed by atoms with Crippen molar-refractivity contribution < 1.29 is 4.92 Å². The van der Waals surface area contributed by atoms with Crippen LogP contribution in [-0.2, 0) is 0 Å². The fourth-order valence-electron chi connectivity index (χ4n) is 1.64. The smallest absolute Gasteiger partial charge is 0.358 e. The van der Waals surface area contributed by atoms with Gasteiger partial charge in [0, 0.05) is 18.0 Å². The molecule has 90 valence electrons. The zero-order chi connectivity index (χ0) is 12.1. The second kappa shape index (κ2) is 5.75. The molecule has 1 atom stereocenters. The molecule has 1 aliphatic rings. The van der Waals surface area contributed by atoms with Crippen LogP contribution in [0.15, 0.2) is 16.4 Å². The third-order valence-corrected chi connectivity index (χ3v) is 2.84. The number of aliphatic imine (C=N–C) groups is 1. The number of likely N-dealkylation sites (N-methyl/N-ethyl adjacent to an activating group) is 1. The van der Waals surface area contributed by atoms with E-state index in [0.29, 0.717) is 12.5 Å². The Morgan fingerprint density at radius 2 is 2.38 bits per heavy atom. The van der Waals surface area contributed by atoms with Gasteiger partial charge in [-0.1, -0.05) is 18.8 Å². The van der Waals surface area contributed by atoms with Gasteiger partial charge in [0.25, 0.3) is 0 Å². The molecule has 0 amide bonds. The highest BCUT2D eigenvalue weighted by Gasteiger charge is 2.22. The molecule has 0 aromatic carbocycles. The summed E-state index contributed by atoms with van der Waals surface area (Å²) in [4.78, 5) is 16.6. The molecule has 0 saturated carbocycles. The van der Waals surface area contributed by atoms with Gasteiger partial charge in [-0.3, -0.25) is 0 Å². The van der Waals surface area contributed by atoms with Crippen LogP contribution in [-0.4, -0.2) is 36.2 Å². The Bertz CT molecular complexity index is 323. The van der Waals surface area contributed by atoms with E-state index in [1.165, 1.54) is 0 Å². The van der Waals surface area contributed by atoms with Crippen LogP contribution < -0.4 is 0 Å². The van der Waals surface area contributed by atoms with Crippen LogP contribution in [0.2, 0.25) is 0 Å². The molecular weight excluding hydrogens is 206 g/mol. The summed E-state index contributed by atoms with van der Waals surface area (Å²) in [5.74, 6) is 0.365. The highest BCUT2D eigenvalue weighted by molar-refractivity contribution is 5.62. The van der Waals surface area contributed by atoms with Crippen molar-refractivity contribution in [2.75, 3.05) is 20.1 Å². The lowest BCUT2D eigenvalue weighted by Crippen LogP contribution is -2.22. The van der Waals surface area contributed by atoms with Crippen LogP contribution in [0.4, 0.5) is 0 Å². The SMILES string of the molecule is CCN(C)CC1=C([N+](=O)[O-])N=CC(C)CC1. The number of hydrogen-bond donors (Lipinski definition) is 0. The lowest BCUT2D eigenvalue weighted by Gasteiger charge is -2.15. The van der Waals surface area contributed by atoms with Crippen LogP contribution >= 0.6 is 0 Å². The van der Waals surface area contributed by atoms with E-state index < -0.39 is 0 Å². The van der Waals surface area contributed by atoms with E-state index in [1.54, 1.807) is 6.21 Å². The standard InChI is InChI=1S/C11H19N3O2/c1-4-13(3)8-10-6-5-9(2)7-12-11(10)14(15)16/h7,9H,4-6,8H2,1-3H3. The van der Waals surface area contributed by atoms with Gasteiger partial charge in [-0.05, 0) is 31.4 Å². The summed E-state index contributed by atoms with van der Waals surface area (Å²) < 4.78 is 0. The van der Waals surface area contributed by atoms with E-state index >= 15 is 0 Å². The first-order chi connectivity index (χ1) is 7.54. The Morgan fingerprint density at radius 1 is 1.69 bits per heavy atom. The fourth-order valence-corrected chi connectivity index (χ4v) is 1.64. The number of rotatable bonds is 4. The Morgan fingerprint density at radius 3 is 2.94 bits per heavy atom. The average molecular weight is 225 g/mol. The van der Waals surface area contributed by atoms with E-state index in [2.05, 4.69) is 9.89 Å². The van der Waals surface area contributed by atoms with Gasteiger partial charge >= 0.3 is 5.82 Å². The summed E-state index contributed by atoms with van der Waals surface area (Å²) in [5.41, 5.74) is 0.843. The Balaban J connectivity index is 2.89. The molecule has 0 aromatic heterocycles. The van der Waals surface area contributed by atoms with E-state index in [1.807, 2.05) is 20.9 Å². The molecule has 0 radical (unpaired) electrons. The van der Waals surface area contributed by atoms with Crippen molar-refractivity contribution in [3.8, 4) is 0 Å². The van der Waals surface area contributed by atoms with Crippen molar-refractivity contribution in [2.24, 2.45) is 10.9 Å². The van der Waals surface area contributed by atoms with Crippen molar-refractivity contribution in [1.29, 1.82) is 0 Å². The average Bonchev–Trinajstić information content (AvgIpc) is 2.41. The van der Waals surface area contributed by atoms with Crippen molar-refractivity contribution >= 4 is 6.21 Å². The topological polar surface area (TPSA) is 58.7 Å². The minimum atomic E-state index is -0.368. The van der Waals surface area contributed by atoms with E-state index in [-0.39, 0.29) is 10.7 Å². The Kier molecular flexibility index (Phi) is 4.61. The zero-order valence-corrected chi connectivity index (χ0v) is 10.1. The van der Waals surface area contributed by atoms with Gasteiger partial charge in [-0.15, -0.1) is 0 Å². The van der Waals surface area contributed by atoms with Gasteiger partial charge < -0.3 is 15.0 Å². The largest absolute Gasteiger partial charge is 0.363 e. The molecule has 0 fully saturated rings. The molecule has 0 spiro atoms. The van der Waals surface area contributed by atoms with Crippen molar-refractivity contribution in [3.05, 3.63) is 21.5 Å². The van der Waals surface area contributed by atoms with Gasteiger partial charge in [0.15, 0.2) is 0 Å². The van der Waals surface area contributed by atoms with Gasteiger partial charge in [0.1, 0.15) is 6.21 Å². The third kappa shape index (κ3) is 3.41. The van der Waals surface area contributed by atoms with Crippen LogP contribution in [0.3, 0.4) is 0 Å². The molecule has 0 bridgehead atoms. The molecule has 0 aliphatic carbocycles. The molecule has 1 heterocycles. The molecule has 1 aliphatic heterocycles. The molecular formula is C11H19N3O2. The van der Waals surface area contributed by atoms with Crippen molar-refractivity contribution in [3.63, 3.8) is 0 Å². The van der Waals surface area contributed by atoms with Gasteiger partial charge in [0.2, 0.25) is 0 Å².